The minimum absolute atomic E-state index is 0.568. The zero-order valence-electron chi connectivity index (χ0n) is 12.2. The summed E-state index contributed by atoms with van der Waals surface area (Å²) in [5.41, 5.74) is 1.19. The first kappa shape index (κ1) is 15.5. The highest BCUT2D eigenvalue weighted by atomic mass is 79.9. The number of hydrogen-bond donors (Lipinski definition) is 0. The van der Waals surface area contributed by atoms with Gasteiger partial charge in [0.2, 0.25) is 0 Å². The number of halogens is 1. The minimum atomic E-state index is 0.568. The molecule has 0 saturated carbocycles. The first-order valence-corrected chi connectivity index (χ1v) is 7.67. The van der Waals surface area contributed by atoms with Crippen LogP contribution >= 0.6 is 15.9 Å². The Morgan fingerprint density at radius 2 is 1.89 bits per heavy atom. The summed E-state index contributed by atoms with van der Waals surface area (Å²) in [6.07, 6.45) is 4.27. The summed E-state index contributed by atoms with van der Waals surface area (Å²) in [7, 11) is 0. The average molecular weight is 313 g/mol. The van der Waals surface area contributed by atoms with Gasteiger partial charge in [-0.15, -0.1) is 0 Å². The number of rotatable bonds is 6. The van der Waals surface area contributed by atoms with E-state index in [0.29, 0.717) is 12.0 Å². The summed E-state index contributed by atoms with van der Waals surface area (Å²) in [6, 6.07) is 2.72. The third-order valence-corrected chi connectivity index (χ3v) is 3.76. The maximum absolute atomic E-state index is 4.63. The van der Waals surface area contributed by atoms with E-state index in [9.17, 15) is 0 Å². The van der Waals surface area contributed by atoms with E-state index >= 15 is 0 Å². The molecule has 0 aliphatic rings. The summed E-state index contributed by atoms with van der Waals surface area (Å²) in [6.45, 7) is 12.2. The number of nitrogens with zero attached hydrogens (tertiary/aromatic N) is 2. The van der Waals surface area contributed by atoms with Crippen LogP contribution in [0.2, 0.25) is 0 Å². The Bertz CT molecular complexity index is 373. The Morgan fingerprint density at radius 3 is 2.33 bits per heavy atom. The van der Waals surface area contributed by atoms with Crippen molar-refractivity contribution in [1.82, 2.24) is 4.98 Å². The molecule has 18 heavy (non-hydrogen) atoms. The molecule has 0 saturated heterocycles. The molecule has 2 nitrogen and oxygen atoms in total. The van der Waals surface area contributed by atoms with Gasteiger partial charge < -0.3 is 4.90 Å². The molecule has 0 fully saturated rings. The lowest BCUT2D eigenvalue weighted by atomic mass is 10.1. The standard InChI is InChI=1S/C15H25BrN2/c1-6-13(7-2)18(10-11(3)4)15-14(16)8-12(5)9-17-15/h8-9,11,13H,6-7,10H2,1-5H3. The third kappa shape index (κ3) is 3.98. The normalized spacial score (nSPS) is 11.3. The molecule has 0 bridgehead atoms. The molecule has 0 radical (unpaired) electrons. The van der Waals surface area contributed by atoms with E-state index in [1.807, 2.05) is 6.20 Å². The lowest BCUT2D eigenvalue weighted by molar-refractivity contribution is 0.502. The van der Waals surface area contributed by atoms with E-state index in [1.165, 1.54) is 5.56 Å². The predicted molar refractivity (Wildman–Crippen MR) is 83.2 cm³/mol. The van der Waals surface area contributed by atoms with Gasteiger partial charge in [-0.05, 0) is 53.2 Å². The van der Waals surface area contributed by atoms with Crippen molar-refractivity contribution in [3.63, 3.8) is 0 Å². The molecular weight excluding hydrogens is 288 g/mol. The van der Waals surface area contributed by atoms with Crippen LogP contribution in [0.1, 0.15) is 46.1 Å². The molecule has 0 amide bonds. The molecule has 0 aliphatic heterocycles. The second kappa shape index (κ2) is 7.13. The van der Waals surface area contributed by atoms with Gasteiger partial charge in [-0.1, -0.05) is 27.7 Å². The van der Waals surface area contributed by atoms with Crippen LogP contribution in [0.3, 0.4) is 0 Å². The quantitative estimate of drug-likeness (QED) is 0.749. The molecule has 0 atom stereocenters. The Hall–Kier alpha value is -0.570. The lowest BCUT2D eigenvalue weighted by Gasteiger charge is -2.33. The van der Waals surface area contributed by atoms with Crippen LogP contribution in [0.5, 0.6) is 0 Å². The summed E-state index contributed by atoms with van der Waals surface area (Å²) in [4.78, 5) is 7.08. The van der Waals surface area contributed by atoms with Crippen LogP contribution in [0.15, 0.2) is 16.7 Å². The van der Waals surface area contributed by atoms with Crippen molar-refractivity contribution in [1.29, 1.82) is 0 Å². The van der Waals surface area contributed by atoms with Crippen molar-refractivity contribution in [2.24, 2.45) is 5.92 Å². The zero-order chi connectivity index (χ0) is 13.7. The maximum Gasteiger partial charge on any atom is 0.143 e. The van der Waals surface area contributed by atoms with Gasteiger partial charge >= 0.3 is 0 Å². The van der Waals surface area contributed by atoms with E-state index in [0.717, 1.165) is 29.7 Å². The van der Waals surface area contributed by atoms with E-state index < -0.39 is 0 Å². The summed E-state index contributed by atoms with van der Waals surface area (Å²) in [5, 5.41) is 0. The Balaban J connectivity index is 3.08. The highest BCUT2D eigenvalue weighted by Gasteiger charge is 2.20. The monoisotopic (exact) mass is 312 g/mol. The second-order valence-corrected chi connectivity index (χ2v) is 6.19. The van der Waals surface area contributed by atoms with Gasteiger partial charge in [0.1, 0.15) is 5.82 Å². The molecule has 0 spiro atoms. The number of aromatic nitrogens is 1. The SMILES string of the molecule is CCC(CC)N(CC(C)C)c1ncc(C)cc1Br. The highest BCUT2D eigenvalue weighted by Crippen LogP contribution is 2.28. The molecule has 1 heterocycles. The van der Waals surface area contributed by atoms with Gasteiger partial charge in [-0.25, -0.2) is 4.98 Å². The zero-order valence-corrected chi connectivity index (χ0v) is 13.8. The van der Waals surface area contributed by atoms with Gasteiger partial charge in [0.05, 0.1) is 4.47 Å². The minimum Gasteiger partial charge on any atom is -0.352 e. The number of anilines is 1. The van der Waals surface area contributed by atoms with Gasteiger partial charge in [-0.2, -0.15) is 0 Å². The van der Waals surface area contributed by atoms with Crippen molar-refractivity contribution in [2.45, 2.75) is 53.5 Å². The lowest BCUT2D eigenvalue weighted by Crippen LogP contribution is -2.38. The van der Waals surface area contributed by atoms with Crippen LogP contribution in [-0.2, 0) is 0 Å². The number of aryl methyl sites for hydroxylation is 1. The van der Waals surface area contributed by atoms with Crippen LogP contribution in [0.25, 0.3) is 0 Å². The molecule has 1 aromatic rings. The topological polar surface area (TPSA) is 16.1 Å². The van der Waals surface area contributed by atoms with Gasteiger partial charge in [-0.3, -0.25) is 0 Å². The van der Waals surface area contributed by atoms with Crippen LogP contribution in [0, 0.1) is 12.8 Å². The smallest absolute Gasteiger partial charge is 0.143 e. The van der Waals surface area contributed by atoms with E-state index in [1.54, 1.807) is 0 Å². The first-order chi connectivity index (χ1) is 8.49. The summed E-state index contributed by atoms with van der Waals surface area (Å²) < 4.78 is 1.11. The molecule has 3 heteroatoms. The van der Waals surface area contributed by atoms with E-state index in [4.69, 9.17) is 0 Å². The van der Waals surface area contributed by atoms with Crippen molar-refractivity contribution in [3.05, 3.63) is 22.3 Å². The first-order valence-electron chi connectivity index (χ1n) is 6.88. The largest absolute Gasteiger partial charge is 0.352 e. The van der Waals surface area contributed by atoms with Gasteiger partial charge in [0.25, 0.3) is 0 Å². The molecule has 0 aromatic carbocycles. The molecular formula is C15H25BrN2. The molecule has 1 rings (SSSR count). The highest BCUT2D eigenvalue weighted by molar-refractivity contribution is 9.10. The van der Waals surface area contributed by atoms with Crippen LogP contribution < -0.4 is 4.90 Å². The summed E-state index contributed by atoms with van der Waals surface area (Å²) >= 11 is 3.66. The van der Waals surface area contributed by atoms with Crippen LogP contribution in [0.4, 0.5) is 5.82 Å². The Labute approximate surface area is 120 Å². The van der Waals surface area contributed by atoms with Crippen molar-refractivity contribution in [2.75, 3.05) is 11.4 Å². The fourth-order valence-corrected chi connectivity index (χ4v) is 2.96. The third-order valence-electron chi connectivity index (χ3n) is 3.18. The summed E-state index contributed by atoms with van der Waals surface area (Å²) in [5.74, 6) is 1.73. The van der Waals surface area contributed by atoms with Crippen LogP contribution in [-0.4, -0.2) is 17.6 Å². The second-order valence-electron chi connectivity index (χ2n) is 5.33. The van der Waals surface area contributed by atoms with Crippen molar-refractivity contribution >= 4 is 21.7 Å². The van der Waals surface area contributed by atoms with Crippen molar-refractivity contribution < 1.29 is 0 Å². The predicted octanol–water partition coefficient (Wildman–Crippen LogP) is 4.80. The Morgan fingerprint density at radius 1 is 1.28 bits per heavy atom. The number of hydrogen-bond acceptors (Lipinski definition) is 2. The fraction of sp³-hybridized carbons (Fsp3) is 0.667. The molecule has 0 unspecified atom stereocenters. The average Bonchev–Trinajstić information content (AvgIpc) is 2.29. The molecule has 102 valence electrons. The molecule has 0 N–H and O–H groups in total. The van der Waals surface area contributed by atoms with Crippen molar-refractivity contribution in [3.8, 4) is 0 Å². The van der Waals surface area contributed by atoms with Gasteiger partial charge in [0.15, 0.2) is 0 Å². The fourth-order valence-electron chi connectivity index (χ4n) is 2.27. The maximum atomic E-state index is 4.63. The molecule has 0 aliphatic carbocycles. The van der Waals surface area contributed by atoms with Gasteiger partial charge in [0, 0.05) is 18.8 Å². The van der Waals surface area contributed by atoms with E-state index in [2.05, 4.69) is 66.5 Å². The number of pyridine rings is 1. The molecule has 1 aromatic heterocycles. The van der Waals surface area contributed by atoms with E-state index in [-0.39, 0.29) is 0 Å². The Kier molecular flexibility index (Phi) is 6.13.